The fraction of sp³-hybridized carbons (Fsp3) is 0.583. The standard InChI is InChI=1S/C24H33N5O5S/c1-15-21(28-19-8-9-20(27-16(19)2)35(31,32)18-6-7-18)25-14-26-22(15)33-17-10-12-29(13-11-17)23(30)34-24(3,4)5/h8-9,14,17-18H,6-7,10-13H2,1-5H3,(H,25,26,28). The van der Waals surface area contributed by atoms with E-state index in [9.17, 15) is 13.2 Å². The minimum atomic E-state index is -3.34. The second kappa shape index (κ2) is 9.60. The van der Waals surface area contributed by atoms with Crippen LogP contribution in [-0.2, 0) is 14.6 Å². The molecule has 1 amide bonds. The zero-order valence-electron chi connectivity index (χ0n) is 20.9. The molecule has 2 aromatic heterocycles. The van der Waals surface area contributed by atoms with Gasteiger partial charge in [0.1, 0.15) is 23.9 Å². The number of likely N-dealkylation sites (tertiary alicyclic amines) is 1. The van der Waals surface area contributed by atoms with Crippen molar-refractivity contribution in [2.75, 3.05) is 18.4 Å². The molecule has 0 unspecified atom stereocenters. The molecule has 1 N–H and O–H groups in total. The number of piperidine rings is 1. The summed E-state index contributed by atoms with van der Waals surface area (Å²) in [5.41, 5.74) is 1.45. The van der Waals surface area contributed by atoms with E-state index in [1.54, 1.807) is 17.9 Å². The van der Waals surface area contributed by atoms with Gasteiger partial charge in [-0.25, -0.2) is 28.2 Å². The molecule has 2 aromatic rings. The van der Waals surface area contributed by atoms with Gasteiger partial charge < -0.3 is 19.7 Å². The Morgan fingerprint density at radius 3 is 2.37 bits per heavy atom. The molecule has 3 heterocycles. The van der Waals surface area contributed by atoms with Crippen molar-refractivity contribution in [1.82, 2.24) is 19.9 Å². The molecule has 0 bridgehead atoms. The molecule has 0 radical (unpaired) electrons. The SMILES string of the molecule is Cc1nc(S(=O)(=O)C2CC2)ccc1Nc1ncnc(OC2CCN(C(=O)OC(C)(C)C)CC2)c1C. The predicted molar refractivity (Wildman–Crippen MR) is 131 cm³/mol. The number of aromatic nitrogens is 3. The van der Waals surface area contributed by atoms with Crippen molar-refractivity contribution in [2.45, 2.75) is 82.3 Å². The number of ether oxygens (including phenoxy) is 2. The molecule has 1 aliphatic carbocycles. The number of nitrogens with zero attached hydrogens (tertiary/aromatic N) is 4. The highest BCUT2D eigenvalue weighted by molar-refractivity contribution is 7.92. The summed E-state index contributed by atoms with van der Waals surface area (Å²) in [6, 6.07) is 3.25. The Kier molecular flexibility index (Phi) is 6.90. The summed E-state index contributed by atoms with van der Waals surface area (Å²) in [5.74, 6) is 1.03. The van der Waals surface area contributed by atoms with Crippen molar-refractivity contribution in [3.8, 4) is 5.88 Å². The number of rotatable bonds is 6. The summed E-state index contributed by atoms with van der Waals surface area (Å²) >= 11 is 0. The van der Waals surface area contributed by atoms with E-state index in [2.05, 4.69) is 20.3 Å². The topological polar surface area (TPSA) is 124 Å². The van der Waals surface area contributed by atoms with E-state index < -0.39 is 15.4 Å². The van der Waals surface area contributed by atoms with Crippen molar-refractivity contribution in [1.29, 1.82) is 0 Å². The number of carbonyl (C=O) groups is 1. The van der Waals surface area contributed by atoms with Crippen LogP contribution in [0, 0.1) is 13.8 Å². The van der Waals surface area contributed by atoms with Gasteiger partial charge in [-0.2, -0.15) is 0 Å². The quantitative estimate of drug-likeness (QED) is 0.624. The maximum absolute atomic E-state index is 12.5. The van der Waals surface area contributed by atoms with Crippen molar-refractivity contribution in [3.05, 3.63) is 29.7 Å². The van der Waals surface area contributed by atoms with Crippen molar-refractivity contribution < 1.29 is 22.7 Å². The van der Waals surface area contributed by atoms with Crippen molar-refractivity contribution in [3.63, 3.8) is 0 Å². The van der Waals surface area contributed by atoms with Gasteiger partial charge in [-0.05, 0) is 59.6 Å². The minimum Gasteiger partial charge on any atom is -0.474 e. The van der Waals surface area contributed by atoms with E-state index in [0.29, 0.717) is 61.9 Å². The number of carbonyl (C=O) groups excluding carboxylic acids is 1. The van der Waals surface area contributed by atoms with Crippen molar-refractivity contribution in [2.24, 2.45) is 0 Å². The van der Waals surface area contributed by atoms with Crippen LogP contribution in [0.15, 0.2) is 23.5 Å². The second-order valence-corrected chi connectivity index (χ2v) is 12.3. The zero-order chi connectivity index (χ0) is 25.4. The fourth-order valence-corrected chi connectivity index (χ4v) is 5.44. The third-order valence-electron chi connectivity index (χ3n) is 5.98. The Hall–Kier alpha value is -2.95. The molecule has 0 atom stereocenters. The number of hydrogen-bond acceptors (Lipinski definition) is 9. The molecule has 2 aliphatic rings. The number of nitrogens with one attached hydrogen (secondary N) is 1. The van der Waals surface area contributed by atoms with Gasteiger partial charge >= 0.3 is 6.09 Å². The van der Waals surface area contributed by atoms with Gasteiger partial charge in [0.15, 0.2) is 14.9 Å². The van der Waals surface area contributed by atoms with E-state index in [1.807, 2.05) is 27.7 Å². The Labute approximate surface area is 206 Å². The Morgan fingerprint density at radius 1 is 1.09 bits per heavy atom. The average molecular weight is 504 g/mol. The first-order valence-corrected chi connectivity index (χ1v) is 13.4. The highest BCUT2D eigenvalue weighted by Crippen LogP contribution is 2.34. The van der Waals surface area contributed by atoms with E-state index >= 15 is 0 Å². The third kappa shape index (κ3) is 6.01. The first-order valence-electron chi connectivity index (χ1n) is 11.9. The van der Waals surface area contributed by atoms with E-state index in [4.69, 9.17) is 9.47 Å². The minimum absolute atomic E-state index is 0.0783. The third-order valence-corrected chi connectivity index (χ3v) is 8.14. The van der Waals surface area contributed by atoms with E-state index in [-0.39, 0.29) is 22.5 Å². The van der Waals surface area contributed by atoms with Gasteiger partial charge in [-0.15, -0.1) is 0 Å². The van der Waals surface area contributed by atoms with Gasteiger partial charge in [-0.3, -0.25) is 0 Å². The van der Waals surface area contributed by atoms with Crippen LogP contribution in [-0.4, -0.2) is 64.4 Å². The summed E-state index contributed by atoms with van der Waals surface area (Å²) in [4.78, 5) is 26.9. The van der Waals surface area contributed by atoms with Crippen LogP contribution in [0.25, 0.3) is 0 Å². The molecule has 10 nitrogen and oxygen atoms in total. The average Bonchev–Trinajstić information content (AvgIpc) is 3.63. The lowest BCUT2D eigenvalue weighted by molar-refractivity contribution is 0.0122. The maximum Gasteiger partial charge on any atom is 0.410 e. The largest absolute Gasteiger partial charge is 0.474 e. The molecule has 0 aromatic carbocycles. The van der Waals surface area contributed by atoms with Gasteiger partial charge in [0.05, 0.1) is 22.2 Å². The molecule has 11 heteroatoms. The second-order valence-electron chi connectivity index (χ2n) is 10.1. The van der Waals surface area contributed by atoms with Gasteiger partial charge in [0, 0.05) is 25.9 Å². The normalized spacial score (nSPS) is 17.2. The lowest BCUT2D eigenvalue weighted by atomic mass is 10.1. The van der Waals surface area contributed by atoms with Gasteiger partial charge in [0.25, 0.3) is 0 Å². The van der Waals surface area contributed by atoms with Crippen LogP contribution in [0.2, 0.25) is 0 Å². The van der Waals surface area contributed by atoms with E-state index in [0.717, 1.165) is 5.56 Å². The molecular weight excluding hydrogens is 470 g/mol. The monoisotopic (exact) mass is 503 g/mol. The van der Waals surface area contributed by atoms with Crippen LogP contribution in [0.3, 0.4) is 0 Å². The summed E-state index contributed by atoms with van der Waals surface area (Å²) in [6.07, 6.45) is 3.79. The number of pyridine rings is 1. The van der Waals surface area contributed by atoms with Crippen molar-refractivity contribution >= 4 is 27.4 Å². The summed E-state index contributed by atoms with van der Waals surface area (Å²) in [7, 11) is -3.34. The molecule has 4 rings (SSSR count). The molecular formula is C24H33N5O5S. The summed E-state index contributed by atoms with van der Waals surface area (Å²) < 4.78 is 36.6. The first-order chi connectivity index (χ1) is 16.4. The number of hydrogen-bond donors (Lipinski definition) is 1. The number of aryl methyl sites for hydroxylation is 1. The predicted octanol–water partition coefficient (Wildman–Crippen LogP) is 3.95. The van der Waals surface area contributed by atoms with Gasteiger partial charge in [0.2, 0.25) is 5.88 Å². The van der Waals surface area contributed by atoms with Crippen LogP contribution in [0.1, 0.15) is 57.7 Å². The molecule has 2 fully saturated rings. The maximum atomic E-state index is 12.5. The Morgan fingerprint density at radius 2 is 1.77 bits per heavy atom. The van der Waals surface area contributed by atoms with Crippen LogP contribution in [0.5, 0.6) is 5.88 Å². The lowest BCUT2D eigenvalue weighted by Gasteiger charge is -2.33. The Bertz CT molecular complexity index is 1200. The smallest absolute Gasteiger partial charge is 0.410 e. The van der Waals surface area contributed by atoms with E-state index in [1.165, 1.54) is 12.4 Å². The fourth-order valence-electron chi connectivity index (χ4n) is 3.82. The zero-order valence-corrected chi connectivity index (χ0v) is 21.7. The first kappa shape index (κ1) is 25.2. The van der Waals surface area contributed by atoms with Gasteiger partial charge in [-0.1, -0.05) is 0 Å². The lowest BCUT2D eigenvalue weighted by Crippen LogP contribution is -2.44. The van der Waals surface area contributed by atoms with Crippen LogP contribution < -0.4 is 10.1 Å². The molecule has 1 saturated heterocycles. The molecule has 190 valence electrons. The number of anilines is 2. The number of sulfone groups is 1. The number of amides is 1. The highest BCUT2D eigenvalue weighted by Gasteiger charge is 2.38. The molecule has 35 heavy (non-hydrogen) atoms. The molecule has 1 aliphatic heterocycles. The van der Waals surface area contributed by atoms with Crippen LogP contribution in [0.4, 0.5) is 16.3 Å². The molecule has 1 saturated carbocycles. The summed E-state index contributed by atoms with van der Waals surface area (Å²) in [5, 5.41) is 3.04. The summed E-state index contributed by atoms with van der Waals surface area (Å²) in [6.45, 7) is 10.3. The van der Waals surface area contributed by atoms with Crippen LogP contribution >= 0.6 is 0 Å². The Balaban J connectivity index is 1.39. The highest BCUT2D eigenvalue weighted by atomic mass is 32.2. The molecule has 0 spiro atoms.